The summed E-state index contributed by atoms with van der Waals surface area (Å²) in [6, 6.07) is 0. The van der Waals surface area contributed by atoms with Gasteiger partial charge in [-0.25, -0.2) is 4.98 Å². The number of fused-ring (bicyclic) bond motifs is 3. The molecule has 22 heavy (non-hydrogen) atoms. The fourth-order valence-electron chi connectivity index (χ4n) is 2.94. The van der Waals surface area contributed by atoms with Gasteiger partial charge in [-0.3, -0.25) is 9.36 Å². The van der Waals surface area contributed by atoms with Crippen molar-refractivity contribution in [1.29, 1.82) is 0 Å². The smallest absolute Gasteiger partial charge is 0.264 e. The highest BCUT2D eigenvalue weighted by Gasteiger charge is 2.21. The monoisotopic (exact) mass is 319 g/mol. The summed E-state index contributed by atoms with van der Waals surface area (Å²) < 4.78 is 6.73. The molecule has 0 unspecified atom stereocenters. The van der Waals surface area contributed by atoms with Crippen LogP contribution in [-0.2, 0) is 24.1 Å². The van der Waals surface area contributed by atoms with Gasteiger partial charge < -0.3 is 10.1 Å². The third-order valence-electron chi connectivity index (χ3n) is 3.98. The molecular weight excluding hydrogens is 298 g/mol. The summed E-state index contributed by atoms with van der Waals surface area (Å²) in [5, 5.41) is 4.02. The van der Waals surface area contributed by atoms with E-state index in [0.29, 0.717) is 25.6 Å². The zero-order chi connectivity index (χ0) is 15.5. The van der Waals surface area contributed by atoms with Crippen molar-refractivity contribution >= 4 is 27.5 Å². The SMILES string of the molecule is C=CCn1c(NCCOC)nc2sc3c(c2c1=O)CCCC3. The minimum atomic E-state index is 0.0456. The van der Waals surface area contributed by atoms with Crippen LogP contribution < -0.4 is 10.9 Å². The van der Waals surface area contributed by atoms with Gasteiger partial charge in [-0.05, 0) is 31.2 Å². The molecule has 0 aromatic carbocycles. The lowest BCUT2D eigenvalue weighted by Gasteiger charge is -2.13. The average Bonchev–Trinajstić information content (AvgIpc) is 2.89. The summed E-state index contributed by atoms with van der Waals surface area (Å²) in [6.45, 7) is 5.41. The molecule has 2 aromatic rings. The van der Waals surface area contributed by atoms with Crippen LogP contribution in [0.3, 0.4) is 0 Å². The Hall–Kier alpha value is -1.66. The number of rotatable bonds is 6. The number of methoxy groups -OCH3 is 1. The van der Waals surface area contributed by atoms with E-state index in [4.69, 9.17) is 9.72 Å². The number of aryl methyl sites for hydroxylation is 2. The van der Waals surface area contributed by atoms with Gasteiger partial charge in [0.25, 0.3) is 5.56 Å². The molecule has 0 fully saturated rings. The predicted molar refractivity (Wildman–Crippen MR) is 91.1 cm³/mol. The summed E-state index contributed by atoms with van der Waals surface area (Å²) in [4.78, 5) is 19.8. The van der Waals surface area contributed by atoms with Gasteiger partial charge in [-0.2, -0.15) is 0 Å². The number of thiophene rings is 1. The first-order valence-corrected chi connectivity index (χ1v) is 8.46. The summed E-state index contributed by atoms with van der Waals surface area (Å²) in [6.07, 6.45) is 6.17. The minimum Gasteiger partial charge on any atom is -0.383 e. The summed E-state index contributed by atoms with van der Waals surface area (Å²) in [5.74, 6) is 0.605. The zero-order valence-electron chi connectivity index (χ0n) is 12.9. The van der Waals surface area contributed by atoms with Gasteiger partial charge in [0, 0.05) is 25.1 Å². The summed E-state index contributed by atoms with van der Waals surface area (Å²) in [7, 11) is 1.66. The van der Waals surface area contributed by atoms with Gasteiger partial charge in [-0.1, -0.05) is 6.08 Å². The van der Waals surface area contributed by atoms with E-state index in [1.807, 2.05) is 0 Å². The van der Waals surface area contributed by atoms with Gasteiger partial charge in [0.1, 0.15) is 4.83 Å². The van der Waals surface area contributed by atoms with Crippen LogP contribution in [0.4, 0.5) is 5.95 Å². The molecule has 118 valence electrons. The van der Waals surface area contributed by atoms with Crippen LogP contribution in [0.1, 0.15) is 23.3 Å². The van der Waals surface area contributed by atoms with Crippen LogP contribution in [0, 0.1) is 0 Å². The first-order valence-electron chi connectivity index (χ1n) is 7.65. The molecule has 0 bridgehead atoms. The van der Waals surface area contributed by atoms with Gasteiger partial charge in [0.05, 0.1) is 12.0 Å². The molecule has 1 aliphatic carbocycles. The largest absolute Gasteiger partial charge is 0.383 e. The standard InChI is InChI=1S/C16H21N3O2S/c1-3-9-19-15(20)13-11-6-4-5-7-12(11)22-14(13)18-16(19)17-8-10-21-2/h3H,1,4-10H2,2H3,(H,17,18). The molecule has 1 aliphatic rings. The Kier molecular flexibility index (Phi) is 4.59. The normalized spacial score (nSPS) is 14.0. The van der Waals surface area contributed by atoms with E-state index in [1.54, 1.807) is 29.1 Å². The Balaban J connectivity index is 2.12. The maximum atomic E-state index is 12.9. The van der Waals surface area contributed by atoms with Gasteiger partial charge >= 0.3 is 0 Å². The topological polar surface area (TPSA) is 56.1 Å². The third-order valence-corrected chi connectivity index (χ3v) is 5.16. The second-order valence-corrected chi connectivity index (χ2v) is 6.53. The average molecular weight is 319 g/mol. The fourth-order valence-corrected chi connectivity index (χ4v) is 4.19. The molecule has 0 aliphatic heterocycles. The van der Waals surface area contributed by atoms with Crippen LogP contribution in [0.25, 0.3) is 10.2 Å². The van der Waals surface area contributed by atoms with Crippen molar-refractivity contribution in [2.75, 3.05) is 25.6 Å². The number of nitrogens with zero attached hydrogens (tertiary/aromatic N) is 2. The molecule has 2 aromatic heterocycles. The Morgan fingerprint density at radius 1 is 1.45 bits per heavy atom. The van der Waals surface area contributed by atoms with Gasteiger partial charge in [-0.15, -0.1) is 17.9 Å². The zero-order valence-corrected chi connectivity index (χ0v) is 13.7. The summed E-state index contributed by atoms with van der Waals surface area (Å²) >= 11 is 1.67. The molecule has 0 radical (unpaired) electrons. The highest BCUT2D eigenvalue weighted by molar-refractivity contribution is 7.18. The van der Waals surface area contributed by atoms with Crippen molar-refractivity contribution in [1.82, 2.24) is 9.55 Å². The molecule has 0 spiro atoms. The second-order valence-electron chi connectivity index (χ2n) is 5.45. The number of nitrogens with one attached hydrogen (secondary N) is 1. The number of aromatic nitrogens is 2. The number of anilines is 1. The molecule has 1 N–H and O–H groups in total. The van der Waals surface area contributed by atoms with E-state index in [9.17, 15) is 4.79 Å². The summed E-state index contributed by atoms with van der Waals surface area (Å²) in [5.41, 5.74) is 1.27. The molecule has 0 atom stereocenters. The number of hydrogen-bond donors (Lipinski definition) is 1. The van der Waals surface area contributed by atoms with Crippen LogP contribution in [0.2, 0.25) is 0 Å². The lowest BCUT2D eigenvalue weighted by Crippen LogP contribution is -2.26. The van der Waals surface area contributed by atoms with Crippen molar-refractivity contribution in [2.45, 2.75) is 32.2 Å². The molecule has 0 saturated carbocycles. The number of ether oxygens (including phenoxy) is 1. The van der Waals surface area contributed by atoms with Crippen molar-refractivity contribution < 1.29 is 4.74 Å². The number of hydrogen-bond acceptors (Lipinski definition) is 5. The minimum absolute atomic E-state index is 0.0456. The molecule has 3 rings (SSSR count). The van der Waals surface area contributed by atoms with Crippen molar-refractivity contribution in [2.24, 2.45) is 0 Å². The molecule has 0 amide bonds. The third kappa shape index (κ3) is 2.68. The van der Waals surface area contributed by atoms with Crippen LogP contribution in [0.5, 0.6) is 0 Å². The quantitative estimate of drug-likeness (QED) is 0.657. The second kappa shape index (κ2) is 6.62. The van der Waals surface area contributed by atoms with E-state index in [1.165, 1.54) is 16.9 Å². The molecular formula is C16H21N3O2S. The van der Waals surface area contributed by atoms with Crippen LogP contribution >= 0.6 is 11.3 Å². The van der Waals surface area contributed by atoms with Crippen molar-refractivity contribution in [3.8, 4) is 0 Å². The first-order chi connectivity index (χ1) is 10.8. The van der Waals surface area contributed by atoms with Gasteiger partial charge in [0.2, 0.25) is 5.95 Å². The molecule has 6 heteroatoms. The van der Waals surface area contributed by atoms with E-state index >= 15 is 0 Å². The van der Waals surface area contributed by atoms with Gasteiger partial charge in [0.15, 0.2) is 0 Å². The van der Waals surface area contributed by atoms with Crippen LogP contribution in [-0.4, -0.2) is 29.8 Å². The van der Waals surface area contributed by atoms with E-state index in [-0.39, 0.29) is 5.56 Å². The van der Waals surface area contributed by atoms with E-state index in [0.717, 1.165) is 29.5 Å². The predicted octanol–water partition coefficient (Wildman–Crippen LogP) is 2.58. The lowest BCUT2D eigenvalue weighted by molar-refractivity contribution is 0.210. The Morgan fingerprint density at radius 3 is 3.05 bits per heavy atom. The van der Waals surface area contributed by atoms with Crippen LogP contribution in [0.15, 0.2) is 17.4 Å². The maximum absolute atomic E-state index is 12.9. The highest BCUT2D eigenvalue weighted by Crippen LogP contribution is 2.34. The maximum Gasteiger partial charge on any atom is 0.264 e. The molecule has 2 heterocycles. The Bertz CT molecular complexity index is 748. The molecule has 5 nitrogen and oxygen atoms in total. The Labute approximate surface area is 133 Å². The van der Waals surface area contributed by atoms with E-state index in [2.05, 4.69) is 11.9 Å². The number of allylic oxidation sites excluding steroid dienone is 1. The first kappa shape index (κ1) is 15.2. The fraction of sp³-hybridized carbons (Fsp3) is 0.500. The van der Waals surface area contributed by atoms with Crippen molar-refractivity contribution in [3.63, 3.8) is 0 Å². The lowest BCUT2D eigenvalue weighted by atomic mass is 9.97. The van der Waals surface area contributed by atoms with Crippen molar-refractivity contribution in [3.05, 3.63) is 33.4 Å². The highest BCUT2D eigenvalue weighted by atomic mass is 32.1. The Morgan fingerprint density at radius 2 is 2.27 bits per heavy atom. The van der Waals surface area contributed by atoms with E-state index < -0.39 is 0 Å². The molecule has 0 saturated heterocycles.